The smallest absolute Gasteiger partial charge is 0.337 e. The summed E-state index contributed by atoms with van der Waals surface area (Å²) >= 11 is 0. The third kappa shape index (κ3) is 2.81. The van der Waals surface area contributed by atoms with E-state index in [1.807, 2.05) is 0 Å². The molecule has 0 unspecified atom stereocenters. The van der Waals surface area contributed by atoms with E-state index in [0.717, 1.165) is 12.8 Å². The first-order valence-electron chi connectivity index (χ1n) is 5.64. The summed E-state index contributed by atoms with van der Waals surface area (Å²) in [4.78, 5) is 26.4. The molecular weight excluding hydrogens is 220 g/mol. The monoisotopic (exact) mass is 234 g/mol. The highest BCUT2D eigenvalue weighted by molar-refractivity contribution is 6.00. The zero-order valence-electron chi connectivity index (χ0n) is 9.35. The second kappa shape index (κ2) is 4.95. The second-order valence-electron chi connectivity index (χ2n) is 4.28. The number of hydrogen-bond acceptors (Lipinski definition) is 3. The second-order valence-corrected chi connectivity index (χ2v) is 4.28. The Morgan fingerprint density at radius 2 is 2.24 bits per heavy atom. The van der Waals surface area contributed by atoms with Gasteiger partial charge in [-0.2, -0.15) is 0 Å². The van der Waals surface area contributed by atoms with Gasteiger partial charge in [0.25, 0.3) is 0 Å². The van der Waals surface area contributed by atoms with Gasteiger partial charge in [-0.05, 0) is 24.8 Å². The highest BCUT2D eigenvalue weighted by Gasteiger charge is 2.21. The summed E-state index contributed by atoms with van der Waals surface area (Å²) in [6.45, 7) is 0. The molecule has 2 rings (SSSR count). The fourth-order valence-corrected chi connectivity index (χ4v) is 1.84. The standard InChI is InChI=1S/C12H14N2O3/c15-11(6-8-2-1-3-8)14-10-7-13-5-4-9(10)12(16)17/h4-5,7-8H,1-3,6H2,(H,14,15)(H,16,17). The molecule has 5 nitrogen and oxygen atoms in total. The van der Waals surface area contributed by atoms with Crippen molar-refractivity contribution in [3.8, 4) is 0 Å². The van der Waals surface area contributed by atoms with Crippen LogP contribution in [-0.2, 0) is 4.79 Å². The summed E-state index contributed by atoms with van der Waals surface area (Å²) in [6, 6.07) is 1.38. The molecule has 0 saturated heterocycles. The van der Waals surface area contributed by atoms with Crippen LogP contribution in [0.15, 0.2) is 18.5 Å². The summed E-state index contributed by atoms with van der Waals surface area (Å²) in [5.41, 5.74) is 0.339. The zero-order valence-corrected chi connectivity index (χ0v) is 9.35. The highest BCUT2D eigenvalue weighted by Crippen LogP contribution is 2.29. The minimum absolute atomic E-state index is 0.0713. The third-order valence-corrected chi connectivity index (χ3v) is 3.02. The number of pyridine rings is 1. The molecule has 5 heteroatoms. The predicted octanol–water partition coefficient (Wildman–Crippen LogP) is 1.91. The number of aromatic nitrogens is 1. The fourth-order valence-electron chi connectivity index (χ4n) is 1.84. The minimum Gasteiger partial charge on any atom is -0.478 e. The van der Waals surface area contributed by atoms with Crippen molar-refractivity contribution in [3.05, 3.63) is 24.0 Å². The van der Waals surface area contributed by atoms with E-state index in [1.54, 1.807) is 0 Å². The molecule has 1 aliphatic carbocycles. The zero-order chi connectivity index (χ0) is 12.3. The molecule has 0 bridgehead atoms. The van der Waals surface area contributed by atoms with Crippen LogP contribution < -0.4 is 5.32 Å². The summed E-state index contributed by atoms with van der Waals surface area (Å²) in [6.07, 6.45) is 6.59. The Labute approximate surface area is 98.9 Å². The quantitative estimate of drug-likeness (QED) is 0.834. The Morgan fingerprint density at radius 3 is 2.82 bits per heavy atom. The number of rotatable bonds is 4. The molecule has 0 aromatic carbocycles. The molecule has 2 N–H and O–H groups in total. The van der Waals surface area contributed by atoms with Crippen molar-refractivity contribution in [2.45, 2.75) is 25.7 Å². The van der Waals surface area contributed by atoms with Gasteiger partial charge in [-0.15, -0.1) is 0 Å². The number of anilines is 1. The van der Waals surface area contributed by atoms with Gasteiger partial charge in [0, 0.05) is 12.6 Å². The van der Waals surface area contributed by atoms with Gasteiger partial charge in [0.2, 0.25) is 5.91 Å². The van der Waals surface area contributed by atoms with E-state index in [4.69, 9.17) is 5.11 Å². The van der Waals surface area contributed by atoms with Crippen LogP contribution in [0, 0.1) is 5.92 Å². The normalized spacial score (nSPS) is 15.1. The third-order valence-electron chi connectivity index (χ3n) is 3.02. The van der Waals surface area contributed by atoms with Crippen LogP contribution in [0.3, 0.4) is 0 Å². The SMILES string of the molecule is O=C(CC1CCC1)Nc1cnccc1C(=O)O. The molecule has 0 atom stereocenters. The van der Waals surface area contributed by atoms with Gasteiger partial charge in [0.1, 0.15) is 0 Å². The van der Waals surface area contributed by atoms with Gasteiger partial charge in [-0.1, -0.05) is 6.42 Å². The largest absolute Gasteiger partial charge is 0.478 e. The molecule has 1 aromatic heterocycles. The average Bonchev–Trinajstić information content (AvgIpc) is 2.24. The molecule has 1 saturated carbocycles. The number of nitrogens with zero attached hydrogens (tertiary/aromatic N) is 1. The number of carboxylic acids is 1. The summed E-state index contributed by atoms with van der Waals surface area (Å²) in [5.74, 6) is -0.739. The summed E-state index contributed by atoms with van der Waals surface area (Å²) in [5, 5.41) is 11.5. The molecule has 1 heterocycles. The lowest BCUT2D eigenvalue weighted by atomic mass is 9.83. The van der Waals surface area contributed by atoms with Gasteiger partial charge < -0.3 is 10.4 Å². The number of nitrogens with one attached hydrogen (secondary N) is 1. The van der Waals surface area contributed by atoms with Crippen LogP contribution >= 0.6 is 0 Å². The van der Waals surface area contributed by atoms with Gasteiger partial charge in [0.15, 0.2) is 0 Å². The summed E-state index contributed by atoms with van der Waals surface area (Å²) in [7, 11) is 0. The molecule has 17 heavy (non-hydrogen) atoms. The first kappa shape index (κ1) is 11.6. The molecule has 1 aliphatic rings. The first-order valence-corrected chi connectivity index (χ1v) is 5.64. The molecule has 0 spiro atoms. The molecule has 1 aromatic rings. The Bertz CT molecular complexity index is 441. The molecule has 1 fully saturated rings. The van der Waals surface area contributed by atoms with Crippen molar-refractivity contribution in [1.82, 2.24) is 4.98 Å². The van der Waals surface area contributed by atoms with E-state index in [9.17, 15) is 9.59 Å². The number of aromatic carboxylic acids is 1. The summed E-state index contributed by atoms with van der Waals surface area (Å²) < 4.78 is 0. The Hall–Kier alpha value is -1.91. The van der Waals surface area contributed by atoms with Crippen LogP contribution in [0.2, 0.25) is 0 Å². The fraction of sp³-hybridized carbons (Fsp3) is 0.417. The van der Waals surface area contributed by atoms with E-state index in [2.05, 4.69) is 10.3 Å². The van der Waals surface area contributed by atoms with Crippen molar-refractivity contribution in [1.29, 1.82) is 0 Å². The van der Waals surface area contributed by atoms with E-state index in [1.165, 1.54) is 24.9 Å². The maximum atomic E-state index is 11.7. The molecule has 1 amide bonds. The van der Waals surface area contributed by atoms with Crippen molar-refractivity contribution in [2.75, 3.05) is 5.32 Å². The maximum absolute atomic E-state index is 11.7. The number of carbonyl (C=O) groups excluding carboxylic acids is 1. The van der Waals surface area contributed by atoms with Crippen molar-refractivity contribution >= 4 is 17.6 Å². The van der Waals surface area contributed by atoms with Crippen molar-refractivity contribution in [2.24, 2.45) is 5.92 Å². The van der Waals surface area contributed by atoms with E-state index in [0.29, 0.717) is 12.3 Å². The van der Waals surface area contributed by atoms with Crippen LogP contribution in [0.5, 0.6) is 0 Å². The lowest BCUT2D eigenvalue weighted by molar-refractivity contribution is -0.117. The number of carbonyl (C=O) groups is 2. The predicted molar refractivity (Wildman–Crippen MR) is 61.8 cm³/mol. The van der Waals surface area contributed by atoms with Gasteiger partial charge in [-0.3, -0.25) is 9.78 Å². The molecule has 0 radical (unpaired) electrons. The minimum atomic E-state index is -1.06. The number of amides is 1. The molecule has 90 valence electrons. The number of carboxylic acid groups (broad SMARTS) is 1. The highest BCUT2D eigenvalue weighted by atomic mass is 16.4. The van der Waals surface area contributed by atoms with E-state index in [-0.39, 0.29) is 17.2 Å². The lowest BCUT2D eigenvalue weighted by Crippen LogP contribution is -2.21. The number of hydrogen-bond donors (Lipinski definition) is 2. The Morgan fingerprint density at radius 1 is 1.47 bits per heavy atom. The van der Waals surface area contributed by atoms with Gasteiger partial charge in [-0.25, -0.2) is 4.79 Å². The molecular formula is C12H14N2O3. The topological polar surface area (TPSA) is 79.3 Å². The van der Waals surface area contributed by atoms with Gasteiger partial charge in [0.05, 0.1) is 17.4 Å². The van der Waals surface area contributed by atoms with Crippen molar-refractivity contribution < 1.29 is 14.7 Å². The van der Waals surface area contributed by atoms with E-state index >= 15 is 0 Å². The van der Waals surface area contributed by atoms with E-state index < -0.39 is 5.97 Å². The first-order chi connectivity index (χ1) is 8.16. The van der Waals surface area contributed by atoms with Crippen molar-refractivity contribution in [3.63, 3.8) is 0 Å². The molecule has 0 aliphatic heterocycles. The maximum Gasteiger partial charge on any atom is 0.337 e. The van der Waals surface area contributed by atoms with Crippen LogP contribution in [-0.4, -0.2) is 22.0 Å². The van der Waals surface area contributed by atoms with Crippen LogP contribution in [0.1, 0.15) is 36.0 Å². The van der Waals surface area contributed by atoms with Crippen LogP contribution in [0.4, 0.5) is 5.69 Å². The van der Waals surface area contributed by atoms with Crippen LogP contribution in [0.25, 0.3) is 0 Å². The lowest BCUT2D eigenvalue weighted by Gasteiger charge is -2.24. The Kier molecular flexibility index (Phi) is 3.37. The Balaban J connectivity index is 2.01. The van der Waals surface area contributed by atoms with Gasteiger partial charge >= 0.3 is 5.97 Å². The average molecular weight is 234 g/mol.